The average Bonchev–Trinajstić information content (AvgIpc) is 2.67. The standard InChI is InChI=1S/C21H29N3O2.HI/c1-4-22-21(23-14-13-17-9-11-19(25-3)12-10-17)24-16-18-7-6-8-20(15-18)26-5-2;/h6-12,15H,4-5,13-14,16H2,1-3H3,(H2,22,23,24);1H. The van der Waals surface area contributed by atoms with Crippen molar-refractivity contribution < 1.29 is 9.47 Å². The third kappa shape index (κ3) is 8.51. The van der Waals surface area contributed by atoms with Crippen LogP contribution in [0.1, 0.15) is 25.0 Å². The first-order chi connectivity index (χ1) is 12.7. The lowest BCUT2D eigenvalue weighted by Crippen LogP contribution is -2.38. The normalized spacial score (nSPS) is 10.7. The maximum Gasteiger partial charge on any atom is 0.191 e. The monoisotopic (exact) mass is 483 g/mol. The second-order valence-electron chi connectivity index (χ2n) is 5.80. The second-order valence-corrected chi connectivity index (χ2v) is 5.80. The molecule has 0 aliphatic heterocycles. The summed E-state index contributed by atoms with van der Waals surface area (Å²) in [6.07, 6.45) is 0.925. The molecule has 0 fully saturated rings. The molecule has 2 N–H and O–H groups in total. The molecule has 0 saturated heterocycles. The van der Waals surface area contributed by atoms with Gasteiger partial charge in [0.2, 0.25) is 0 Å². The molecule has 0 saturated carbocycles. The van der Waals surface area contributed by atoms with Crippen LogP contribution in [0.3, 0.4) is 0 Å². The molecule has 0 aromatic heterocycles. The average molecular weight is 483 g/mol. The van der Waals surface area contributed by atoms with E-state index in [0.29, 0.717) is 13.2 Å². The number of nitrogens with zero attached hydrogens (tertiary/aromatic N) is 1. The van der Waals surface area contributed by atoms with E-state index < -0.39 is 0 Å². The van der Waals surface area contributed by atoms with E-state index in [9.17, 15) is 0 Å². The van der Waals surface area contributed by atoms with Gasteiger partial charge in [-0.05, 0) is 55.7 Å². The minimum atomic E-state index is 0. The van der Waals surface area contributed by atoms with Crippen LogP contribution >= 0.6 is 24.0 Å². The van der Waals surface area contributed by atoms with Gasteiger partial charge in [0.25, 0.3) is 0 Å². The third-order valence-electron chi connectivity index (χ3n) is 3.84. The lowest BCUT2D eigenvalue weighted by Gasteiger charge is -2.12. The molecule has 0 bridgehead atoms. The van der Waals surface area contributed by atoms with Gasteiger partial charge in [0.1, 0.15) is 11.5 Å². The van der Waals surface area contributed by atoms with Crippen molar-refractivity contribution in [3.63, 3.8) is 0 Å². The Morgan fingerprint density at radius 2 is 1.74 bits per heavy atom. The SMILES string of the molecule is CCNC(=NCc1cccc(OCC)c1)NCCc1ccc(OC)cc1.I. The number of guanidine groups is 1. The quantitative estimate of drug-likeness (QED) is 0.322. The first-order valence-electron chi connectivity index (χ1n) is 9.12. The summed E-state index contributed by atoms with van der Waals surface area (Å²) in [6.45, 7) is 6.97. The van der Waals surface area contributed by atoms with E-state index in [0.717, 1.165) is 42.5 Å². The smallest absolute Gasteiger partial charge is 0.191 e. The minimum absolute atomic E-state index is 0. The van der Waals surface area contributed by atoms with Gasteiger partial charge in [-0.3, -0.25) is 0 Å². The van der Waals surface area contributed by atoms with Crippen molar-refractivity contribution in [3.8, 4) is 11.5 Å². The molecular formula is C21H30IN3O2. The molecule has 27 heavy (non-hydrogen) atoms. The van der Waals surface area contributed by atoms with Gasteiger partial charge < -0.3 is 20.1 Å². The summed E-state index contributed by atoms with van der Waals surface area (Å²) in [5, 5.41) is 6.67. The highest BCUT2D eigenvalue weighted by Gasteiger charge is 2.00. The number of hydrogen-bond donors (Lipinski definition) is 2. The van der Waals surface area contributed by atoms with Crippen LogP contribution in [0.2, 0.25) is 0 Å². The van der Waals surface area contributed by atoms with E-state index in [2.05, 4.69) is 40.7 Å². The van der Waals surface area contributed by atoms with Gasteiger partial charge in [0.15, 0.2) is 5.96 Å². The van der Waals surface area contributed by atoms with Crippen LogP contribution in [0, 0.1) is 0 Å². The van der Waals surface area contributed by atoms with E-state index in [-0.39, 0.29) is 24.0 Å². The number of halogens is 1. The fraction of sp³-hybridized carbons (Fsp3) is 0.381. The van der Waals surface area contributed by atoms with Crippen molar-refractivity contribution in [1.82, 2.24) is 10.6 Å². The molecule has 0 atom stereocenters. The van der Waals surface area contributed by atoms with Crippen molar-refractivity contribution >= 4 is 29.9 Å². The maximum atomic E-state index is 5.54. The van der Waals surface area contributed by atoms with Gasteiger partial charge in [-0.2, -0.15) is 0 Å². The van der Waals surface area contributed by atoms with Crippen molar-refractivity contribution in [3.05, 3.63) is 59.7 Å². The largest absolute Gasteiger partial charge is 0.497 e. The Morgan fingerprint density at radius 1 is 0.963 bits per heavy atom. The number of rotatable bonds is 9. The first kappa shape index (κ1) is 23.1. The number of hydrogen-bond acceptors (Lipinski definition) is 3. The molecule has 6 heteroatoms. The number of methoxy groups -OCH3 is 1. The molecule has 148 valence electrons. The summed E-state index contributed by atoms with van der Waals surface area (Å²) in [5.74, 6) is 2.59. The summed E-state index contributed by atoms with van der Waals surface area (Å²) >= 11 is 0. The Kier molecular flexibility index (Phi) is 11.3. The third-order valence-corrected chi connectivity index (χ3v) is 3.84. The van der Waals surface area contributed by atoms with Crippen molar-refractivity contribution in [2.24, 2.45) is 4.99 Å². The zero-order valence-corrected chi connectivity index (χ0v) is 18.7. The summed E-state index contributed by atoms with van der Waals surface area (Å²) in [5.41, 5.74) is 2.39. The van der Waals surface area contributed by atoms with Crippen LogP contribution in [0.4, 0.5) is 0 Å². The molecule has 0 aliphatic rings. The van der Waals surface area contributed by atoms with Crippen LogP contribution < -0.4 is 20.1 Å². The first-order valence-corrected chi connectivity index (χ1v) is 9.12. The van der Waals surface area contributed by atoms with Crippen molar-refractivity contribution in [2.45, 2.75) is 26.8 Å². The zero-order valence-electron chi connectivity index (χ0n) is 16.3. The Bertz CT molecular complexity index is 690. The summed E-state index contributed by atoms with van der Waals surface area (Å²) in [7, 11) is 1.68. The Morgan fingerprint density at radius 3 is 2.41 bits per heavy atom. The maximum absolute atomic E-state index is 5.54. The molecule has 0 amide bonds. The van der Waals surface area contributed by atoms with Crippen LogP contribution in [0.5, 0.6) is 11.5 Å². The Balaban J connectivity index is 0.00000364. The van der Waals surface area contributed by atoms with E-state index >= 15 is 0 Å². The fourth-order valence-corrected chi connectivity index (χ4v) is 2.53. The molecule has 2 aromatic carbocycles. The van der Waals surface area contributed by atoms with Gasteiger partial charge in [0.05, 0.1) is 20.3 Å². The Hall–Kier alpha value is -1.96. The minimum Gasteiger partial charge on any atom is -0.497 e. The second kappa shape index (κ2) is 13.2. The number of benzene rings is 2. The molecule has 0 aliphatic carbocycles. The lowest BCUT2D eigenvalue weighted by molar-refractivity contribution is 0.340. The van der Waals surface area contributed by atoms with Gasteiger partial charge in [-0.1, -0.05) is 24.3 Å². The highest BCUT2D eigenvalue weighted by atomic mass is 127. The Labute approximate surface area is 179 Å². The predicted octanol–water partition coefficient (Wildman–Crippen LogP) is 4.01. The summed E-state index contributed by atoms with van der Waals surface area (Å²) in [6, 6.07) is 16.2. The molecule has 0 radical (unpaired) electrons. The molecule has 5 nitrogen and oxygen atoms in total. The van der Waals surface area contributed by atoms with Gasteiger partial charge in [-0.15, -0.1) is 24.0 Å². The van der Waals surface area contributed by atoms with Gasteiger partial charge in [-0.25, -0.2) is 4.99 Å². The molecular weight excluding hydrogens is 453 g/mol. The van der Waals surface area contributed by atoms with E-state index in [1.54, 1.807) is 7.11 Å². The zero-order chi connectivity index (χ0) is 18.6. The van der Waals surface area contributed by atoms with E-state index in [4.69, 9.17) is 9.47 Å². The van der Waals surface area contributed by atoms with Gasteiger partial charge in [0, 0.05) is 13.1 Å². The molecule has 2 aromatic rings. The highest BCUT2D eigenvalue weighted by Crippen LogP contribution is 2.14. The van der Waals surface area contributed by atoms with E-state index in [1.165, 1.54) is 5.56 Å². The molecule has 0 heterocycles. The summed E-state index contributed by atoms with van der Waals surface area (Å²) in [4.78, 5) is 4.66. The molecule has 0 spiro atoms. The van der Waals surface area contributed by atoms with Crippen molar-refractivity contribution in [2.75, 3.05) is 26.8 Å². The number of ether oxygens (including phenoxy) is 2. The fourth-order valence-electron chi connectivity index (χ4n) is 2.53. The van der Waals surface area contributed by atoms with Crippen LogP contribution in [0.25, 0.3) is 0 Å². The number of nitrogens with one attached hydrogen (secondary N) is 2. The summed E-state index contributed by atoms with van der Waals surface area (Å²) < 4.78 is 10.7. The number of aliphatic imine (C=N–C) groups is 1. The van der Waals surface area contributed by atoms with Crippen LogP contribution in [-0.4, -0.2) is 32.8 Å². The van der Waals surface area contributed by atoms with Crippen molar-refractivity contribution in [1.29, 1.82) is 0 Å². The highest BCUT2D eigenvalue weighted by molar-refractivity contribution is 14.0. The van der Waals surface area contributed by atoms with Gasteiger partial charge >= 0.3 is 0 Å². The molecule has 2 rings (SSSR count). The lowest BCUT2D eigenvalue weighted by atomic mass is 10.1. The van der Waals surface area contributed by atoms with Crippen LogP contribution in [-0.2, 0) is 13.0 Å². The predicted molar refractivity (Wildman–Crippen MR) is 123 cm³/mol. The topological polar surface area (TPSA) is 54.9 Å². The van der Waals surface area contributed by atoms with Crippen LogP contribution in [0.15, 0.2) is 53.5 Å². The molecule has 0 unspecified atom stereocenters. The van der Waals surface area contributed by atoms with E-state index in [1.807, 2.05) is 37.3 Å².